The Morgan fingerprint density at radius 1 is 1.18 bits per heavy atom. The smallest absolute Gasteiger partial charge is 0.408 e. The Balaban J connectivity index is 2.43. The maximum absolute atomic E-state index is 5.60. The Bertz CT molecular complexity index is 117. The van der Waals surface area contributed by atoms with Gasteiger partial charge >= 0.3 is 7.12 Å². The van der Waals surface area contributed by atoms with Gasteiger partial charge in [0.15, 0.2) is 0 Å². The van der Waals surface area contributed by atoms with E-state index in [2.05, 4.69) is 27.7 Å². The topological polar surface area (TPSA) is 18.5 Å². The molecule has 0 saturated carbocycles. The van der Waals surface area contributed by atoms with Crippen molar-refractivity contribution in [2.24, 2.45) is 0 Å². The van der Waals surface area contributed by atoms with Gasteiger partial charge in [-0.3, -0.25) is 0 Å². The van der Waals surface area contributed by atoms with E-state index in [1.54, 1.807) is 0 Å². The van der Waals surface area contributed by atoms with Gasteiger partial charge in [0.05, 0.1) is 0 Å². The minimum Gasteiger partial charge on any atom is -0.408 e. The molecular weight excluding hydrogens is 139 g/mol. The molecule has 0 aromatic rings. The normalized spacial score (nSPS) is 33.0. The van der Waals surface area contributed by atoms with Gasteiger partial charge in [-0.2, -0.15) is 0 Å². The predicted molar refractivity (Wildman–Crippen MR) is 46.6 cm³/mol. The van der Waals surface area contributed by atoms with Crippen LogP contribution in [0, 0.1) is 0 Å². The second-order valence-corrected chi connectivity index (χ2v) is 3.74. The molecule has 3 heteroatoms. The summed E-state index contributed by atoms with van der Waals surface area (Å²) in [5, 5.41) is 0. The van der Waals surface area contributed by atoms with Gasteiger partial charge in [-0.1, -0.05) is 13.8 Å². The standard InChI is InChI=1S/C8H17BO2/c1-6(2)9-10-7(3)5-8(4)11-9/h6-8H,5H2,1-4H3/t7-,8-/m0/s1. The highest BCUT2D eigenvalue weighted by Gasteiger charge is 2.32. The molecule has 1 rings (SSSR count). The van der Waals surface area contributed by atoms with Gasteiger partial charge in [0.25, 0.3) is 0 Å². The van der Waals surface area contributed by atoms with Gasteiger partial charge in [0.2, 0.25) is 0 Å². The second kappa shape index (κ2) is 3.59. The lowest BCUT2D eigenvalue weighted by Crippen LogP contribution is -2.40. The Hall–Kier alpha value is -0.0151. The molecule has 1 heterocycles. The van der Waals surface area contributed by atoms with Crippen molar-refractivity contribution >= 4 is 7.12 Å². The summed E-state index contributed by atoms with van der Waals surface area (Å²) in [7, 11) is 0.00810. The van der Waals surface area contributed by atoms with Crippen LogP contribution >= 0.6 is 0 Å². The van der Waals surface area contributed by atoms with Crippen molar-refractivity contribution in [1.29, 1.82) is 0 Å². The van der Waals surface area contributed by atoms with E-state index < -0.39 is 0 Å². The molecule has 0 N–H and O–H groups in total. The Labute approximate surface area is 69.4 Å². The monoisotopic (exact) mass is 156 g/mol. The number of hydrogen-bond donors (Lipinski definition) is 0. The minimum absolute atomic E-state index is 0.00810. The lowest BCUT2D eigenvalue weighted by atomic mass is 9.72. The molecule has 0 aromatic carbocycles. The van der Waals surface area contributed by atoms with E-state index in [9.17, 15) is 0 Å². The number of rotatable bonds is 1. The first kappa shape index (κ1) is 9.08. The van der Waals surface area contributed by atoms with E-state index >= 15 is 0 Å². The van der Waals surface area contributed by atoms with Crippen LogP contribution < -0.4 is 0 Å². The van der Waals surface area contributed by atoms with Gasteiger partial charge in [-0.15, -0.1) is 0 Å². The fourth-order valence-electron chi connectivity index (χ4n) is 1.38. The van der Waals surface area contributed by atoms with Crippen molar-refractivity contribution < 1.29 is 9.31 Å². The molecule has 2 atom stereocenters. The highest BCUT2D eigenvalue weighted by Crippen LogP contribution is 2.22. The zero-order valence-corrected chi connectivity index (χ0v) is 7.83. The van der Waals surface area contributed by atoms with Crippen molar-refractivity contribution in [2.45, 2.75) is 52.1 Å². The first-order valence-electron chi connectivity index (χ1n) is 4.40. The van der Waals surface area contributed by atoms with Crippen LogP contribution in [0.25, 0.3) is 0 Å². The van der Waals surface area contributed by atoms with Gasteiger partial charge in [0.1, 0.15) is 0 Å². The summed E-state index contributed by atoms with van der Waals surface area (Å²) in [5.74, 6) is 0.459. The van der Waals surface area contributed by atoms with E-state index in [1.807, 2.05) is 0 Å². The van der Waals surface area contributed by atoms with Crippen molar-refractivity contribution in [1.82, 2.24) is 0 Å². The average Bonchev–Trinajstić information content (AvgIpc) is 1.85. The fourth-order valence-corrected chi connectivity index (χ4v) is 1.38. The zero-order chi connectivity index (χ0) is 8.43. The molecule has 0 bridgehead atoms. The molecule has 1 saturated heterocycles. The molecule has 0 amide bonds. The van der Waals surface area contributed by atoms with Crippen LogP contribution in [-0.4, -0.2) is 19.3 Å². The average molecular weight is 156 g/mol. The highest BCUT2D eigenvalue weighted by molar-refractivity contribution is 6.46. The summed E-state index contributed by atoms with van der Waals surface area (Å²) in [5.41, 5.74) is 0. The SMILES string of the molecule is CC(C)B1O[C@@H](C)C[C@H](C)O1. The maximum Gasteiger partial charge on any atom is 0.460 e. The third kappa shape index (κ3) is 2.49. The number of hydrogen-bond acceptors (Lipinski definition) is 2. The highest BCUT2D eigenvalue weighted by atomic mass is 16.6. The molecule has 0 spiro atoms. The van der Waals surface area contributed by atoms with E-state index in [-0.39, 0.29) is 7.12 Å². The molecule has 2 nitrogen and oxygen atoms in total. The Kier molecular flexibility index (Phi) is 2.96. The summed E-state index contributed by atoms with van der Waals surface area (Å²) in [6.07, 6.45) is 1.72. The Morgan fingerprint density at radius 2 is 1.64 bits per heavy atom. The van der Waals surface area contributed by atoms with E-state index in [0.717, 1.165) is 6.42 Å². The molecule has 0 radical (unpaired) electrons. The van der Waals surface area contributed by atoms with Gasteiger partial charge in [-0.25, -0.2) is 0 Å². The summed E-state index contributed by atoms with van der Waals surface area (Å²) in [6.45, 7) is 8.45. The van der Waals surface area contributed by atoms with Crippen molar-refractivity contribution in [3.63, 3.8) is 0 Å². The third-order valence-electron chi connectivity index (χ3n) is 1.94. The molecule has 11 heavy (non-hydrogen) atoms. The van der Waals surface area contributed by atoms with Crippen LogP contribution in [0.4, 0.5) is 0 Å². The molecule has 1 aliphatic rings. The third-order valence-corrected chi connectivity index (χ3v) is 1.94. The van der Waals surface area contributed by atoms with Gasteiger partial charge in [-0.05, 0) is 26.1 Å². The fraction of sp³-hybridized carbons (Fsp3) is 1.00. The molecular formula is C8H17BO2. The first-order valence-corrected chi connectivity index (χ1v) is 4.40. The summed E-state index contributed by atoms with van der Waals surface area (Å²) in [4.78, 5) is 0. The molecule has 0 aromatic heterocycles. The summed E-state index contributed by atoms with van der Waals surface area (Å²) in [6, 6.07) is 0. The van der Waals surface area contributed by atoms with E-state index in [0.29, 0.717) is 18.0 Å². The van der Waals surface area contributed by atoms with Crippen LogP contribution in [0.2, 0.25) is 5.82 Å². The van der Waals surface area contributed by atoms with Crippen LogP contribution in [0.1, 0.15) is 34.1 Å². The maximum atomic E-state index is 5.60. The molecule has 0 unspecified atom stereocenters. The summed E-state index contributed by atoms with van der Waals surface area (Å²) < 4.78 is 11.2. The largest absolute Gasteiger partial charge is 0.460 e. The lowest BCUT2D eigenvalue weighted by molar-refractivity contribution is 0.0298. The zero-order valence-electron chi connectivity index (χ0n) is 7.83. The van der Waals surface area contributed by atoms with Crippen LogP contribution in [0.15, 0.2) is 0 Å². The van der Waals surface area contributed by atoms with Gasteiger partial charge < -0.3 is 9.31 Å². The molecule has 1 aliphatic heterocycles. The van der Waals surface area contributed by atoms with Crippen LogP contribution in [-0.2, 0) is 9.31 Å². The summed E-state index contributed by atoms with van der Waals surface area (Å²) >= 11 is 0. The van der Waals surface area contributed by atoms with Crippen molar-refractivity contribution in [3.8, 4) is 0 Å². The van der Waals surface area contributed by atoms with Crippen LogP contribution in [0.3, 0.4) is 0 Å². The quantitative estimate of drug-likeness (QED) is 0.541. The minimum atomic E-state index is 0.00810. The Morgan fingerprint density at radius 3 is 2.00 bits per heavy atom. The molecule has 1 fully saturated rings. The first-order chi connectivity index (χ1) is 5.09. The van der Waals surface area contributed by atoms with E-state index in [4.69, 9.17) is 9.31 Å². The predicted octanol–water partition coefficient (Wildman–Crippen LogP) is 2.10. The lowest BCUT2D eigenvalue weighted by Gasteiger charge is -2.32. The van der Waals surface area contributed by atoms with E-state index in [1.165, 1.54) is 0 Å². The molecule has 64 valence electrons. The van der Waals surface area contributed by atoms with Crippen LogP contribution in [0.5, 0.6) is 0 Å². The second-order valence-electron chi connectivity index (χ2n) is 3.74. The van der Waals surface area contributed by atoms with Crippen molar-refractivity contribution in [3.05, 3.63) is 0 Å². The molecule has 0 aliphatic carbocycles. The van der Waals surface area contributed by atoms with Gasteiger partial charge in [0, 0.05) is 12.2 Å². The van der Waals surface area contributed by atoms with Crippen molar-refractivity contribution in [2.75, 3.05) is 0 Å².